The van der Waals surface area contributed by atoms with E-state index in [4.69, 9.17) is 4.74 Å². The van der Waals surface area contributed by atoms with Crippen molar-refractivity contribution in [2.24, 2.45) is 0 Å². The van der Waals surface area contributed by atoms with Crippen LogP contribution in [0.25, 0.3) is 0 Å². The molecule has 34 heavy (non-hydrogen) atoms. The van der Waals surface area contributed by atoms with Crippen LogP contribution in [0.4, 0.5) is 17.1 Å². The molecule has 0 saturated heterocycles. The van der Waals surface area contributed by atoms with Gasteiger partial charge in [0.25, 0.3) is 0 Å². The number of aromatic nitrogens is 2. The summed E-state index contributed by atoms with van der Waals surface area (Å²) in [5, 5.41) is 14.1. The van der Waals surface area contributed by atoms with Crippen LogP contribution in [0.1, 0.15) is 97.5 Å². The normalized spacial score (nSPS) is 16.1. The predicted octanol–water partition coefficient (Wildman–Crippen LogP) is 6.82. The van der Waals surface area contributed by atoms with Crippen LogP contribution >= 0.6 is 0 Å². The molecule has 0 radical (unpaired) electrons. The van der Waals surface area contributed by atoms with Crippen LogP contribution in [-0.4, -0.2) is 39.9 Å². The zero-order valence-corrected chi connectivity index (χ0v) is 21.8. The summed E-state index contributed by atoms with van der Waals surface area (Å²) in [6, 6.07) is 7.76. The molecule has 1 fully saturated rings. The van der Waals surface area contributed by atoms with Crippen molar-refractivity contribution in [3.63, 3.8) is 0 Å². The number of benzene rings is 1. The molecule has 0 unspecified atom stereocenters. The molecule has 1 aliphatic carbocycles. The first-order valence-electron chi connectivity index (χ1n) is 13.2. The summed E-state index contributed by atoms with van der Waals surface area (Å²) in [6.07, 6.45) is 13.1. The molecule has 0 bridgehead atoms. The summed E-state index contributed by atoms with van der Waals surface area (Å²) in [5.74, 6) is 0.291. The fourth-order valence-corrected chi connectivity index (χ4v) is 5.19. The molecular formula is C28H44N4O2. The molecule has 1 atom stereocenters. The number of hydrogen-bond donors (Lipinski definition) is 2. The average molecular weight is 469 g/mol. The van der Waals surface area contributed by atoms with Gasteiger partial charge in [-0.15, -0.1) is 0 Å². The van der Waals surface area contributed by atoms with Gasteiger partial charge < -0.3 is 20.1 Å². The lowest BCUT2D eigenvalue weighted by Crippen LogP contribution is -2.35. The highest BCUT2D eigenvalue weighted by Gasteiger charge is 2.25. The number of ether oxygens (including phenoxy) is 1. The van der Waals surface area contributed by atoms with Gasteiger partial charge in [0.05, 0.1) is 41.7 Å². The Labute approximate surface area is 206 Å². The quantitative estimate of drug-likeness (QED) is 0.353. The molecular weight excluding hydrogens is 424 g/mol. The summed E-state index contributed by atoms with van der Waals surface area (Å²) < 4.78 is 5.41. The molecule has 2 N–H and O–H groups in total. The van der Waals surface area contributed by atoms with E-state index in [1.54, 1.807) is 12.4 Å². The lowest BCUT2D eigenvalue weighted by molar-refractivity contribution is 0.0624. The van der Waals surface area contributed by atoms with Crippen molar-refractivity contribution >= 4 is 17.1 Å². The van der Waals surface area contributed by atoms with Crippen LogP contribution in [0.2, 0.25) is 0 Å². The van der Waals surface area contributed by atoms with Crippen molar-refractivity contribution in [3.05, 3.63) is 36.2 Å². The summed E-state index contributed by atoms with van der Waals surface area (Å²) in [7, 11) is 0. The predicted molar refractivity (Wildman–Crippen MR) is 141 cm³/mol. The Hall–Kier alpha value is -2.34. The first-order valence-corrected chi connectivity index (χ1v) is 13.2. The summed E-state index contributed by atoms with van der Waals surface area (Å²) in [5.41, 5.74) is 3.69. The van der Waals surface area contributed by atoms with Gasteiger partial charge in [-0.25, -0.2) is 9.97 Å². The van der Waals surface area contributed by atoms with Gasteiger partial charge in [0.15, 0.2) is 0 Å². The molecule has 0 spiro atoms. The monoisotopic (exact) mass is 468 g/mol. The van der Waals surface area contributed by atoms with Gasteiger partial charge in [0.1, 0.15) is 0 Å². The van der Waals surface area contributed by atoms with Crippen LogP contribution in [0.5, 0.6) is 6.01 Å². The van der Waals surface area contributed by atoms with Crippen LogP contribution in [0.15, 0.2) is 30.6 Å². The minimum atomic E-state index is -0.703. The standard InChI is InChI=1S/C28H44N4O2/c1-6-21(18-28(4,5)33)22-15-16-26(32(7-2)24-13-11-9-10-12-14-24)25(17-22)31-23-19-29-27(30-20-23)34-8-3/h15-17,19-21,24,31,33H,6-14,18H2,1-5H3/t21-/m1/s1. The lowest BCUT2D eigenvalue weighted by Gasteiger charge is -2.34. The number of nitrogens with zero attached hydrogens (tertiary/aromatic N) is 3. The van der Waals surface area contributed by atoms with E-state index in [1.807, 2.05) is 20.8 Å². The SMILES string of the molecule is CCOc1ncc(Nc2cc([C@H](CC)CC(C)(C)O)ccc2N(CC)C2CCCCCC2)cn1. The second kappa shape index (κ2) is 12.4. The van der Waals surface area contributed by atoms with E-state index in [9.17, 15) is 5.11 Å². The third-order valence-electron chi connectivity index (χ3n) is 6.83. The molecule has 0 amide bonds. The van der Waals surface area contributed by atoms with Crippen molar-refractivity contribution in [2.45, 2.75) is 104 Å². The van der Waals surface area contributed by atoms with E-state index >= 15 is 0 Å². The fraction of sp³-hybridized carbons (Fsp3) is 0.643. The van der Waals surface area contributed by atoms with Crippen molar-refractivity contribution < 1.29 is 9.84 Å². The Balaban J connectivity index is 1.97. The first-order chi connectivity index (χ1) is 16.3. The molecule has 1 aliphatic rings. The van der Waals surface area contributed by atoms with Crippen LogP contribution in [0.3, 0.4) is 0 Å². The van der Waals surface area contributed by atoms with Crippen molar-refractivity contribution in [2.75, 3.05) is 23.4 Å². The molecule has 1 heterocycles. The van der Waals surface area contributed by atoms with E-state index in [-0.39, 0.29) is 0 Å². The van der Waals surface area contributed by atoms with Gasteiger partial charge in [-0.2, -0.15) is 0 Å². The van der Waals surface area contributed by atoms with E-state index < -0.39 is 5.60 Å². The summed E-state index contributed by atoms with van der Waals surface area (Å²) in [4.78, 5) is 11.3. The van der Waals surface area contributed by atoms with Gasteiger partial charge in [-0.05, 0) is 77.0 Å². The second-order valence-corrected chi connectivity index (χ2v) is 10.1. The number of hydrogen-bond acceptors (Lipinski definition) is 6. The fourth-order valence-electron chi connectivity index (χ4n) is 5.19. The highest BCUT2D eigenvalue weighted by Crippen LogP contribution is 2.38. The minimum absolute atomic E-state index is 0.291. The zero-order valence-electron chi connectivity index (χ0n) is 21.8. The van der Waals surface area contributed by atoms with Crippen molar-refractivity contribution in [3.8, 4) is 6.01 Å². The first kappa shape index (κ1) is 26.3. The van der Waals surface area contributed by atoms with Gasteiger partial charge in [-0.1, -0.05) is 38.7 Å². The van der Waals surface area contributed by atoms with Gasteiger partial charge in [-0.3, -0.25) is 0 Å². The third kappa shape index (κ3) is 7.33. The minimum Gasteiger partial charge on any atom is -0.464 e. The summed E-state index contributed by atoms with van der Waals surface area (Å²) in [6.45, 7) is 11.7. The van der Waals surface area contributed by atoms with Crippen LogP contribution in [-0.2, 0) is 0 Å². The second-order valence-electron chi connectivity index (χ2n) is 10.1. The van der Waals surface area contributed by atoms with E-state index in [0.29, 0.717) is 24.6 Å². The summed E-state index contributed by atoms with van der Waals surface area (Å²) >= 11 is 0. The number of aliphatic hydroxyl groups is 1. The van der Waals surface area contributed by atoms with Crippen LogP contribution in [0, 0.1) is 0 Å². The van der Waals surface area contributed by atoms with Gasteiger partial charge in [0.2, 0.25) is 0 Å². The number of anilines is 3. The molecule has 2 aromatic rings. The number of rotatable bonds is 11. The Morgan fingerprint density at radius 1 is 1.09 bits per heavy atom. The maximum absolute atomic E-state index is 10.5. The smallest absolute Gasteiger partial charge is 0.316 e. The molecule has 6 nitrogen and oxygen atoms in total. The molecule has 1 aromatic carbocycles. The molecule has 3 rings (SSSR count). The van der Waals surface area contributed by atoms with Gasteiger partial charge in [0, 0.05) is 12.6 Å². The molecule has 0 aliphatic heterocycles. The highest BCUT2D eigenvalue weighted by atomic mass is 16.5. The van der Waals surface area contributed by atoms with Crippen molar-refractivity contribution in [1.82, 2.24) is 9.97 Å². The number of nitrogens with one attached hydrogen (secondary N) is 1. The third-order valence-corrected chi connectivity index (χ3v) is 6.83. The molecule has 188 valence electrons. The maximum atomic E-state index is 10.5. The largest absolute Gasteiger partial charge is 0.464 e. The van der Waals surface area contributed by atoms with Gasteiger partial charge >= 0.3 is 6.01 Å². The lowest BCUT2D eigenvalue weighted by atomic mass is 9.85. The Morgan fingerprint density at radius 3 is 2.32 bits per heavy atom. The molecule has 1 aromatic heterocycles. The van der Waals surface area contributed by atoms with E-state index in [1.165, 1.54) is 49.8 Å². The van der Waals surface area contributed by atoms with E-state index in [2.05, 4.69) is 52.2 Å². The molecule has 6 heteroatoms. The van der Waals surface area contributed by atoms with Crippen molar-refractivity contribution in [1.29, 1.82) is 0 Å². The highest BCUT2D eigenvalue weighted by molar-refractivity contribution is 5.76. The Morgan fingerprint density at radius 2 is 1.76 bits per heavy atom. The molecule has 1 saturated carbocycles. The Bertz CT molecular complexity index is 871. The van der Waals surface area contributed by atoms with Crippen LogP contribution < -0.4 is 15.0 Å². The van der Waals surface area contributed by atoms with E-state index in [0.717, 1.165) is 30.8 Å². The Kier molecular flexibility index (Phi) is 9.57. The maximum Gasteiger partial charge on any atom is 0.316 e. The topological polar surface area (TPSA) is 70.5 Å². The average Bonchev–Trinajstić information content (AvgIpc) is 3.09. The zero-order chi connectivity index (χ0) is 24.6.